The highest BCUT2D eigenvalue weighted by Crippen LogP contribution is 2.22. The zero-order valence-electron chi connectivity index (χ0n) is 18.7. The second-order valence-corrected chi connectivity index (χ2v) is 8.43. The molecule has 1 fully saturated rings. The minimum atomic E-state index is 0.481. The van der Waals surface area contributed by atoms with Crippen LogP contribution in [0, 0.1) is 12.8 Å². The molecule has 2 aliphatic rings. The molecule has 8 heteroatoms. The largest absolute Gasteiger partial charge is 0.493 e. The van der Waals surface area contributed by atoms with Gasteiger partial charge in [-0.25, -0.2) is 0 Å². The third kappa shape index (κ3) is 5.76. The Hall–Kier alpha value is -2.61. The number of hydrogen-bond acceptors (Lipinski definition) is 5. The standard InChI is InChI=1S/C23H34N6O2/c1-17-7-8-19(20(12-17)31-16-18-9-11-30-15-18)13-25-23(24-2)26-14-22-28-27-21-6-4-3-5-10-29(21)22/h7-8,12,18H,3-6,9-11,13-16H2,1-2H3,(H2,24,25,26). The number of benzene rings is 1. The summed E-state index contributed by atoms with van der Waals surface area (Å²) in [6.45, 7) is 6.66. The summed E-state index contributed by atoms with van der Waals surface area (Å²) < 4.78 is 13.9. The highest BCUT2D eigenvalue weighted by Gasteiger charge is 2.17. The minimum Gasteiger partial charge on any atom is -0.493 e. The van der Waals surface area contributed by atoms with E-state index in [-0.39, 0.29) is 0 Å². The first-order valence-electron chi connectivity index (χ1n) is 11.4. The maximum absolute atomic E-state index is 6.16. The zero-order chi connectivity index (χ0) is 21.5. The molecule has 2 N–H and O–H groups in total. The molecule has 3 heterocycles. The Morgan fingerprint density at radius 3 is 2.97 bits per heavy atom. The van der Waals surface area contributed by atoms with Crippen LogP contribution in [0.2, 0.25) is 0 Å². The number of guanidine groups is 1. The fraction of sp³-hybridized carbons (Fsp3) is 0.609. The summed E-state index contributed by atoms with van der Waals surface area (Å²) in [5.74, 6) is 4.22. The predicted molar refractivity (Wildman–Crippen MR) is 120 cm³/mol. The second-order valence-electron chi connectivity index (χ2n) is 8.43. The lowest BCUT2D eigenvalue weighted by atomic mass is 10.1. The van der Waals surface area contributed by atoms with Crippen molar-refractivity contribution in [2.75, 3.05) is 26.9 Å². The molecule has 2 aromatic rings. The number of ether oxygens (including phenoxy) is 2. The first kappa shape index (κ1) is 21.6. The van der Waals surface area contributed by atoms with Gasteiger partial charge in [0.05, 0.1) is 19.8 Å². The van der Waals surface area contributed by atoms with E-state index in [9.17, 15) is 0 Å². The van der Waals surface area contributed by atoms with Gasteiger partial charge in [0.25, 0.3) is 0 Å². The van der Waals surface area contributed by atoms with Crippen LogP contribution >= 0.6 is 0 Å². The lowest BCUT2D eigenvalue weighted by Gasteiger charge is -2.17. The van der Waals surface area contributed by atoms with E-state index >= 15 is 0 Å². The van der Waals surface area contributed by atoms with Crippen molar-refractivity contribution in [3.05, 3.63) is 41.0 Å². The molecular formula is C23H34N6O2. The first-order chi connectivity index (χ1) is 15.2. The third-order valence-electron chi connectivity index (χ3n) is 5.99. The van der Waals surface area contributed by atoms with Crippen LogP contribution in [0.15, 0.2) is 23.2 Å². The zero-order valence-corrected chi connectivity index (χ0v) is 18.7. The van der Waals surface area contributed by atoms with E-state index in [2.05, 4.69) is 55.5 Å². The topological polar surface area (TPSA) is 85.6 Å². The van der Waals surface area contributed by atoms with Crippen molar-refractivity contribution < 1.29 is 9.47 Å². The highest BCUT2D eigenvalue weighted by molar-refractivity contribution is 5.79. The Morgan fingerprint density at radius 1 is 1.23 bits per heavy atom. The van der Waals surface area contributed by atoms with Gasteiger partial charge in [-0.1, -0.05) is 18.6 Å². The van der Waals surface area contributed by atoms with Gasteiger partial charge in [-0.3, -0.25) is 4.99 Å². The summed E-state index contributed by atoms with van der Waals surface area (Å²) >= 11 is 0. The van der Waals surface area contributed by atoms with Crippen molar-refractivity contribution in [2.24, 2.45) is 10.9 Å². The molecule has 1 aromatic heterocycles. The smallest absolute Gasteiger partial charge is 0.191 e. The van der Waals surface area contributed by atoms with Gasteiger partial charge in [-0.15, -0.1) is 10.2 Å². The van der Waals surface area contributed by atoms with Gasteiger partial charge in [0, 0.05) is 44.6 Å². The lowest BCUT2D eigenvalue weighted by Crippen LogP contribution is -2.37. The summed E-state index contributed by atoms with van der Waals surface area (Å²) in [5.41, 5.74) is 2.31. The molecule has 31 heavy (non-hydrogen) atoms. The third-order valence-corrected chi connectivity index (χ3v) is 5.99. The van der Waals surface area contributed by atoms with Gasteiger partial charge >= 0.3 is 0 Å². The van der Waals surface area contributed by atoms with Crippen LogP contribution in [-0.2, 0) is 30.8 Å². The van der Waals surface area contributed by atoms with Crippen molar-refractivity contribution in [3.8, 4) is 5.75 Å². The molecule has 168 valence electrons. The Balaban J connectivity index is 1.33. The Labute approximate surface area is 184 Å². The SMILES string of the molecule is CN=C(NCc1ccc(C)cc1OCC1CCOC1)NCc1nnc2n1CCCCC2. The number of rotatable bonds is 7. The normalized spacial score (nSPS) is 19.0. The van der Waals surface area contributed by atoms with Gasteiger partial charge in [0.15, 0.2) is 11.8 Å². The fourth-order valence-electron chi connectivity index (χ4n) is 4.10. The van der Waals surface area contributed by atoms with Crippen molar-refractivity contribution in [1.29, 1.82) is 0 Å². The number of aryl methyl sites for hydroxylation is 2. The van der Waals surface area contributed by atoms with E-state index in [0.29, 0.717) is 25.6 Å². The molecule has 1 saturated heterocycles. The molecule has 0 saturated carbocycles. The second kappa shape index (κ2) is 10.6. The molecule has 0 spiro atoms. The summed E-state index contributed by atoms with van der Waals surface area (Å²) in [7, 11) is 1.78. The molecule has 8 nitrogen and oxygen atoms in total. The highest BCUT2D eigenvalue weighted by atomic mass is 16.5. The molecule has 1 atom stereocenters. The van der Waals surface area contributed by atoms with E-state index in [1.54, 1.807) is 7.05 Å². The van der Waals surface area contributed by atoms with E-state index in [4.69, 9.17) is 9.47 Å². The van der Waals surface area contributed by atoms with Crippen LogP contribution in [0.1, 0.15) is 48.5 Å². The number of fused-ring (bicyclic) bond motifs is 1. The summed E-state index contributed by atoms with van der Waals surface area (Å²) in [4.78, 5) is 4.37. The van der Waals surface area contributed by atoms with Crippen molar-refractivity contribution >= 4 is 5.96 Å². The quantitative estimate of drug-likeness (QED) is 0.523. The molecule has 1 aromatic carbocycles. The van der Waals surface area contributed by atoms with Gasteiger partial charge in [0.2, 0.25) is 0 Å². The van der Waals surface area contributed by atoms with E-state index in [0.717, 1.165) is 61.5 Å². The Morgan fingerprint density at radius 2 is 2.13 bits per heavy atom. The number of hydrogen-bond donors (Lipinski definition) is 2. The van der Waals surface area contributed by atoms with Gasteiger partial charge in [-0.05, 0) is 37.8 Å². The van der Waals surface area contributed by atoms with Crippen LogP contribution in [0.5, 0.6) is 5.75 Å². The molecule has 0 radical (unpaired) electrons. The van der Waals surface area contributed by atoms with Crippen molar-refractivity contribution in [2.45, 2.75) is 58.7 Å². The monoisotopic (exact) mass is 426 g/mol. The minimum absolute atomic E-state index is 0.481. The van der Waals surface area contributed by atoms with E-state index < -0.39 is 0 Å². The maximum atomic E-state index is 6.16. The van der Waals surface area contributed by atoms with Crippen LogP contribution < -0.4 is 15.4 Å². The summed E-state index contributed by atoms with van der Waals surface area (Å²) in [6, 6.07) is 6.34. The molecule has 0 bridgehead atoms. The number of nitrogens with one attached hydrogen (secondary N) is 2. The van der Waals surface area contributed by atoms with Crippen LogP contribution in [-0.4, -0.2) is 47.6 Å². The molecule has 4 rings (SSSR count). The molecule has 0 amide bonds. The molecule has 0 aliphatic carbocycles. The van der Waals surface area contributed by atoms with Gasteiger partial charge < -0.3 is 24.7 Å². The average molecular weight is 427 g/mol. The first-order valence-corrected chi connectivity index (χ1v) is 11.4. The molecule has 1 unspecified atom stereocenters. The Bertz CT molecular complexity index is 888. The number of aromatic nitrogens is 3. The predicted octanol–water partition coefficient (Wildman–Crippen LogP) is 2.59. The molecule has 2 aliphatic heterocycles. The number of aliphatic imine (C=N–C) groups is 1. The number of nitrogens with zero attached hydrogens (tertiary/aromatic N) is 4. The van der Waals surface area contributed by atoms with Crippen LogP contribution in [0.4, 0.5) is 0 Å². The molecular weight excluding hydrogens is 392 g/mol. The fourth-order valence-corrected chi connectivity index (χ4v) is 4.10. The van der Waals surface area contributed by atoms with Crippen molar-refractivity contribution in [1.82, 2.24) is 25.4 Å². The van der Waals surface area contributed by atoms with Crippen molar-refractivity contribution in [3.63, 3.8) is 0 Å². The van der Waals surface area contributed by atoms with Crippen LogP contribution in [0.3, 0.4) is 0 Å². The summed E-state index contributed by atoms with van der Waals surface area (Å²) in [5, 5.41) is 15.5. The van der Waals surface area contributed by atoms with Crippen LogP contribution in [0.25, 0.3) is 0 Å². The van der Waals surface area contributed by atoms with Gasteiger partial charge in [0.1, 0.15) is 11.6 Å². The van der Waals surface area contributed by atoms with E-state index in [1.165, 1.54) is 24.8 Å². The summed E-state index contributed by atoms with van der Waals surface area (Å²) in [6.07, 6.45) is 5.73. The Kier molecular flexibility index (Phi) is 7.40. The van der Waals surface area contributed by atoms with Gasteiger partial charge in [-0.2, -0.15) is 0 Å². The van der Waals surface area contributed by atoms with E-state index in [1.807, 2.05) is 0 Å². The maximum Gasteiger partial charge on any atom is 0.191 e. The lowest BCUT2D eigenvalue weighted by molar-refractivity contribution is 0.166. The average Bonchev–Trinajstić information content (AvgIpc) is 3.38.